The van der Waals surface area contributed by atoms with Gasteiger partial charge < -0.3 is 10.1 Å². The first-order valence-electron chi connectivity index (χ1n) is 13.0. The van der Waals surface area contributed by atoms with Crippen LogP contribution in [-0.4, -0.2) is 63.3 Å². The number of aryl methyl sites for hydroxylation is 1. The van der Waals surface area contributed by atoms with E-state index in [4.69, 9.17) is 4.74 Å². The van der Waals surface area contributed by atoms with Crippen LogP contribution < -0.4 is 10.0 Å². The van der Waals surface area contributed by atoms with Gasteiger partial charge in [-0.15, -0.1) is 0 Å². The molecule has 0 aliphatic carbocycles. The highest BCUT2D eigenvalue weighted by Gasteiger charge is 2.38. The molecule has 0 aromatic heterocycles. The molecule has 2 aliphatic rings. The average Bonchev–Trinajstić information content (AvgIpc) is 2.87. The summed E-state index contributed by atoms with van der Waals surface area (Å²) in [4.78, 5) is 13.8. The lowest BCUT2D eigenvalue weighted by Gasteiger charge is -2.35. The molecule has 39 heavy (non-hydrogen) atoms. The fraction of sp³-hybridized carbons (Fsp3) is 0.519. The minimum Gasteiger partial charge on any atom is -0.378 e. The van der Waals surface area contributed by atoms with Gasteiger partial charge in [0.25, 0.3) is 15.9 Å². The molecule has 2 saturated heterocycles. The normalized spacial score (nSPS) is 21.3. The summed E-state index contributed by atoms with van der Waals surface area (Å²) in [6.07, 6.45) is 2.25. The molecule has 0 bridgehead atoms. The Bertz CT molecular complexity index is 1240. The highest BCUT2D eigenvalue weighted by atomic mass is 32.2. The van der Waals surface area contributed by atoms with Crippen LogP contribution in [0, 0.1) is 17.5 Å². The van der Waals surface area contributed by atoms with Crippen LogP contribution in [0.25, 0.3) is 0 Å². The molecule has 2 fully saturated rings. The van der Waals surface area contributed by atoms with Gasteiger partial charge in [0.2, 0.25) is 0 Å². The number of sulfonamides is 1. The first-order valence-corrected chi connectivity index (χ1v) is 14.5. The molecular formula is C27H33F4N3O4S. The summed E-state index contributed by atoms with van der Waals surface area (Å²) >= 11 is 0. The van der Waals surface area contributed by atoms with Crippen molar-refractivity contribution in [3.63, 3.8) is 0 Å². The molecule has 2 aliphatic heterocycles. The molecule has 2 N–H and O–H groups in total. The Labute approximate surface area is 226 Å². The largest absolute Gasteiger partial charge is 0.378 e. The van der Waals surface area contributed by atoms with Gasteiger partial charge in [-0.1, -0.05) is 12.1 Å². The predicted octanol–water partition coefficient (Wildman–Crippen LogP) is 4.33. The van der Waals surface area contributed by atoms with Crippen molar-refractivity contribution < 1.29 is 35.5 Å². The SMILES string of the molecule is C[C@]1(C(=O)NS(=O)(=O)c2cc(F)c(N[C@@H](CCc3ccc(F)cc3)CCN3CC(F)C3)c(F)c2)CCCCO1. The molecule has 2 atom stereocenters. The first kappa shape index (κ1) is 29.3. The standard InChI is InChI=1S/C27H33F4N3O4S/c1-27(11-2-3-13-38-27)26(35)33-39(36,37)22-14-23(30)25(24(31)15-22)32-21(10-12-34-16-20(29)17-34)9-6-18-4-7-19(28)8-5-18/h4-5,7-8,14-15,20-21,32H,2-3,6,9-13,16-17H2,1H3,(H,33,35)/t21-,27+/m0/s1. The lowest BCUT2D eigenvalue weighted by Crippen LogP contribution is -2.50. The number of carbonyl (C=O) groups is 1. The van der Waals surface area contributed by atoms with E-state index in [0.717, 1.165) is 12.0 Å². The summed E-state index contributed by atoms with van der Waals surface area (Å²) in [5, 5.41) is 2.84. The molecule has 0 spiro atoms. The van der Waals surface area contributed by atoms with Crippen LogP contribution in [0.3, 0.4) is 0 Å². The van der Waals surface area contributed by atoms with Crippen molar-refractivity contribution in [3.05, 3.63) is 59.4 Å². The van der Waals surface area contributed by atoms with Crippen molar-refractivity contribution in [2.45, 2.75) is 68.2 Å². The molecule has 7 nitrogen and oxygen atoms in total. The van der Waals surface area contributed by atoms with Crippen LogP contribution in [0.2, 0.25) is 0 Å². The smallest absolute Gasteiger partial charge is 0.265 e. The number of rotatable bonds is 11. The van der Waals surface area contributed by atoms with Gasteiger partial charge in [-0.2, -0.15) is 0 Å². The summed E-state index contributed by atoms with van der Waals surface area (Å²) in [6, 6.07) is 6.79. The third-order valence-electron chi connectivity index (χ3n) is 7.25. The second-order valence-electron chi connectivity index (χ2n) is 10.4. The van der Waals surface area contributed by atoms with Gasteiger partial charge >= 0.3 is 0 Å². The summed E-state index contributed by atoms with van der Waals surface area (Å²) in [6.45, 7) is 2.89. The summed E-state index contributed by atoms with van der Waals surface area (Å²) in [5.41, 5.74) is -1.01. The number of nitrogens with zero attached hydrogens (tertiary/aromatic N) is 1. The minimum atomic E-state index is -4.57. The van der Waals surface area contributed by atoms with E-state index >= 15 is 8.78 Å². The Morgan fingerprint density at radius 2 is 1.77 bits per heavy atom. The topological polar surface area (TPSA) is 87.7 Å². The van der Waals surface area contributed by atoms with Gasteiger partial charge in [0.15, 0.2) is 11.6 Å². The van der Waals surface area contributed by atoms with E-state index in [1.807, 2.05) is 9.62 Å². The third kappa shape index (κ3) is 7.49. The van der Waals surface area contributed by atoms with Gasteiger partial charge in [-0.3, -0.25) is 9.69 Å². The highest BCUT2D eigenvalue weighted by Crippen LogP contribution is 2.28. The fourth-order valence-electron chi connectivity index (χ4n) is 4.76. The zero-order valence-corrected chi connectivity index (χ0v) is 22.5. The quantitative estimate of drug-likeness (QED) is 0.391. The number of halogens is 4. The summed E-state index contributed by atoms with van der Waals surface area (Å²) in [5.74, 6) is -3.54. The fourth-order valence-corrected chi connectivity index (χ4v) is 5.85. The monoisotopic (exact) mass is 571 g/mol. The van der Waals surface area contributed by atoms with Crippen molar-refractivity contribution in [1.82, 2.24) is 9.62 Å². The number of ether oxygens (including phenoxy) is 1. The van der Waals surface area contributed by atoms with Crippen molar-refractivity contribution in [2.75, 3.05) is 31.6 Å². The lowest BCUT2D eigenvalue weighted by atomic mass is 9.95. The Kier molecular flexibility index (Phi) is 9.18. The Balaban J connectivity index is 1.47. The van der Waals surface area contributed by atoms with Gasteiger partial charge in [0.05, 0.1) is 4.90 Å². The minimum absolute atomic E-state index is 0.301. The number of nitrogens with one attached hydrogen (secondary N) is 2. The van der Waals surface area contributed by atoms with Crippen LogP contribution in [0.5, 0.6) is 0 Å². The average molecular weight is 572 g/mol. The number of amides is 1. The van der Waals surface area contributed by atoms with Crippen molar-refractivity contribution >= 4 is 21.6 Å². The first-order chi connectivity index (χ1) is 18.4. The molecule has 2 aromatic rings. The van der Waals surface area contributed by atoms with E-state index in [1.54, 1.807) is 12.1 Å². The van der Waals surface area contributed by atoms with E-state index < -0.39 is 56.0 Å². The molecule has 0 radical (unpaired) electrons. The van der Waals surface area contributed by atoms with Gasteiger partial charge in [0.1, 0.15) is 23.3 Å². The zero-order valence-electron chi connectivity index (χ0n) is 21.7. The lowest BCUT2D eigenvalue weighted by molar-refractivity contribution is -0.148. The number of hydrogen-bond acceptors (Lipinski definition) is 6. The summed E-state index contributed by atoms with van der Waals surface area (Å²) < 4.78 is 89.6. The zero-order chi connectivity index (χ0) is 28.2. The van der Waals surface area contributed by atoms with Gasteiger partial charge in [-0.25, -0.2) is 30.7 Å². The van der Waals surface area contributed by atoms with Crippen LogP contribution >= 0.6 is 0 Å². The number of alkyl halides is 1. The Morgan fingerprint density at radius 3 is 2.36 bits per heavy atom. The third-order valence-corrected chi connectivity index (χ3v) is 8.56. The Morgan fingerprint density at radius 1 is 1.10 bits per heavy atom. The maximum Gasteiger partial charge on any atom is 0.265 e. The van der Waals surface area contributed by atoms with Crippen LogP contribution in [0.4, 0.5) is 23.2 Å². The number of hydrogen-bond donors (Lipinski definition) is 2. The molecule has 12 heteroatoms. The highest BCUT2D eigenvalue weighted by molar-refractivity contribution is 7.90. The van der Waals surface area contributed by atoms with Gasteiger partial charge in [-0.05, 0) is 75.3 Å². The molecule has 2 aromatic carbocycles. The van der Waals surface area contributed by atoms with Crippen LogP contribution in [0.1, 0.15) is 44.6 Å². The predicted molar refractivity (Wildman–Crippen MR) is 138 cm³/mol. The van der Waals surface area contributed by atoms with Crippen LogP contribution in [-0.2, 0) is 26.0 Å². The molecular weight excluding hydrogens is 538 g/mol. The van der Waals surface area contributed by atoms with E-state index in [-0.39, 0.29) is 5.82 Å². The number of carbonyl (C=O) groups excluding carboxylic acids is 1. The van der Waals surface area contributed by atoms with E-state index in [0.29, 0.717) is 70.5 Å². The number of likely N-dealkylation sites (tertiary alicyclic amines) is 1. The molecule has 0 saturated carbocycles. The van der Waals surface area contributed by atoms with E-state index in [1.165, 1.54) is 19.1 Å². The molecule has 4 rings (SSSR count). The number of benzene rings is 2. The molecule has 0 unspecified atom stereocenters. The van der Waals surface area contributed by atoms with E-state index in [9.17, 15) is 22.0 Å². The molecule has 214 valence electrons. The number of anilines is 1. The Hall–Kier alpha value is -2.70. The van der Waals surface area contributed by atoms with Crippen molar-refractivity contribution in [3.8, 4) is 0 Å². The molecule has 2 heterocycles. The second-order valence-corrected chi connectivity index (χ2v) is 12.1. The van der Waals surface area contributed by atoms with Gasteiger partial charge in [0, 0.05) is 32.3 Å². The maximum absolute atomic E-state index is 15.1. The molecule has 1 amide bonds. The maximum atomic E-state index is 15.1. The van der Waals surface area contributed by atoms with E-state index in [2.05, 4.69) is 5.32 Å². The van der Waals surface area contributed by atoms with Crippen molar-refractivity contribution in [2.24, 2.45) is 0 Å². The van der Waals surface area contributed by atoms with Crippen LogP contribution in [0.15, 0.2) is 41.3 Å². The second kappa shape index (κ2) is 12.2. The van der Waals surface area contributed by atoms with Crippen molar-refractivity contribution in [1.29, 1.82) is 0 Å². The summed E-state index contributed by atoms with van der Waals surface area (Å²) in [7, 11) is -4.57.